The standard InChI is InChI=1S/C22H33BrO4/c1-12(24)27-20-17(23)11-16-19-15(6-8-22(16,20)3)21(2)7-5-14(26-4)9-13(21)10-18(19)25/h10,14-20,25H,5-9,11H2,1-4H3/t14-,15?,16?,17+,18-,19?,20?,21-,22-/m0/s1. The van der Waals surface area contributed by atoms with E-state index in [9.17, 15) is 9.90 Å². The van der Waals surface area contributed by atoms with Gasteiger partial charge in [0.15, 0.2) is 0 Å². The Labute approximate surface area is 171 Å². The maximum Gasteiger partial charge on any atom is 0.302 e. The van der Waals surface area contributed by atoms with Gasteiger partial charge in [-0.15, -0.1) is 0 Å². The Morgan fingerprint density at radius 3 is 2.67 bits per heavy atom. The first kappa shape index (κ1) is 19.9. The molecule has 5 heteroatoms. The van der Waals surface area contributed by atoms with Gasteiger partial charge in [0.25, 0.3) is 0 Å². The summed E-state index contributed by atoms with van der Waals surface area (Å²) in [6.45, 7) is 6.20. The average Bonchev–Trinajstić information content (AvgIpc) is 2.86. The minimum absolute atomic E-state index is 0.0621. The van der Waals surface area contributed by atoms with E-state index in [-0.39, 0.29) is 39.8 Å². The molecule has 0 aromatic rings. The first-order valence-electron chi connectivity index (χ1n) is 10.4. The summed E-state index contributed by atoms with van der Waals surface area (Å²) in [5.74, 6) is 0.913. The number of hydrogen-bond donors (Lipinski definition) is 1. The van der Waals surface area contributed by atoms with Crippen LogP contribution in [0.5, 0.6) is 0 Å². The maximum atomic E-state index is 11.7. The fourth-order valence-corrected chi connectivity index (χ4v) is 8.25. The van der Waals surface area contributed by atoms with Crippen molar-refractivity contribution in [2.45, 2.75) is 82.4 Å². The number of ether oxygens (including phenoxy) is 2. The second-order valence-electron chi connectivity index (χ2n) is 9.82. The van der Waals surface area contributed by atoms with Crippen LogP contribution >= 0.6 is 15.9 Å². The second kappa shape index (κ2) is 6.84. The Hall–Kier alpha value is -0.390. The fourth-order valence-electron chi connectivity index (χ4n) is 7.13. The molecule has 27 heavy (non-hydrogen) atoms. The number of hydrogen-bond acceptors (Lipinski definition) is 4. The fraction of sp³-hybridized carbons (Fsp3) is 0.864. The monoisotopic (exact) mass is 440 g/mol. The Kier molecular flexibility index (Phi) is 5.04. The lowest BCUT2D eigenvalue weighted by Gasteiger charge is -2.58. The predicted octanol–water partition coefficient (Wildman–Crippen LogP) is 4.24. The van der Waals surface area contributed by atoms with Gasteiger partial charge in [-0.3, -0.25) is 4.79 Å². The second-order valence-corrected chi connectivity index (χ2v) is 11.0. The molecule has 0 aliphatic heterocycles. The summed E-state index contributed by atoms with van der Waals surface area (Å²) in [6, 6.07) is 0. The third kappa shape index (κ3) is 2.95. The lowest BCUT2D eigenvalue weighted by molar-refractivity contribution is -0.159. The van der Waals surface area contributed by atoms with Gasteiger partial charge in [0.1, 0.15) is 6.10 Å². The summed E-state index contributed by atoms with van der Waals surface area (Å²) in [4.78, 5) is 11.9. The largest absolute Gasteiger partial charge is 0.461 e. The van der Waals surface area contributed by atoms with Gasteiger partial charge in [0.05, 0.1) is 17.0 Å². The van der Waals surface area contributed by atoms with Crippen LogP contribution in [-0.2, 0) is 14.3 Å². The van der Waals surface area contributed by atoms with Crippen LogP contribution in [-0.4, -0.2) is 41.3 Å². The first-order chi connectivity index (χ1) is 12.7. The van der Waals surface area contributed by atoms with Gasteiger partial charge >= 0.3 is 5.97 Å². The third-order valence-electron chi connectivity index (χ3n) is 8.61. The molecule has 0 aromatic carbocycles. The number of aliphatic hydroxyl groups excluding tert-OH is 1. The number of carbonyl (C=O) groups is 1. The van der Waals surface area contributed by atoms with Crippen molar-refractivity contribution in [2.24, 2.45) is 28.6 Å². The first-order valence-corrected chi connectivity index (χ1v) is 11.4. The molecule has 0 amide bonds. The van der Waals surface area contributed by atoms with Crippen molar-refractivity contribution < 1.29 is 19.4 Å². The molecule has 1 N–H and O–H groups in total. The van der Waals surface area contributed by atoms with Crippen LogP contribution < -0.4 is 0 Å². The van der Waals surface area contributed by atoms with E-state index in [1.165, 1.54) is 12.5 Å². The normalized spacial score (nSPS) is 51.6. The van der Waals surface area contributed by atoms with Gasteiger partial charge < -0.3 is 14.6 Å². The van der Waals surface area contributed by atoms with Crippen molar-refractivity contribution in [3.05, 3.63) is 11.6 Å². The van der Waals surface area contributed by atoms with E-state index in [1.54, 1.807) is 7.11 Å². The van der Waals surface area contributed by atoms with Gasteiger partial charge in [-0.25, -0.2) is 0 Å². The van der Waals surface area contributed by atoms with Crippen molar-refractivity contribution in [1.82, 2.24) is 0 Å². The molecule has 4 aliphatic rings. The van der Waals surface area contributed by atoms with Gasteiger partial charge in [-0.05, 0) is 61.7 Å². The molecule has 4 unspecified atom stereocenters. The molecule has 0 saturated heterocycles. The molecule has 4 aliphatic carbocycles. The quantitative estimate of drug-likeness (QED) is 0.396. The Balaban J connectivity index is 1.67. The molecule has 0 spiro atoms. The van der Waals surface area contributed by atoms with Gasteiger partial charge in [0, 0.05) is 19.4 Å². The van der Waals surface area contributed by atoms with E-state index < -0.39 is 6.10 Å². The molecular weight excluding hydrogens is 408 g/mol. The van der Waals surface area contributed by atoms with Crippen molar-refractivity contribution in [3.63, 3.8) is 0 Å². The molecule has 3 saturated carbocycles. The Morgan fingerprint density at radius 2 is 2.00 bits per heavy atom. The van der Waals surface area contributed by atoms with Crippen molar-refractivity contribution in [3.8, 4) is 0 Å². The smallest absolute Gasteiger partial charge is 0.302 e. The molecule has 4 nitrogen and oxygen atoms in total. The molecule has 0 bridgehead atoms. The number of carbonyl (C=O) groups excluding carboxylic acids is 1. The summed E-state index contributed by atoms with van der Waals surface area (Å²) in [7, 11) is 1.80. The molecule has 3 fully saturated rings. The van der Waals surface area contributed by atoms with Crippen LogP contribution in [0.15, 0.2) is 11.6 Å². The zero-order valence-corrected chi connectivity index (χ0v) is 18.5. The van der Waals surface area contributed by atoms with Crippen LogP contribution in [0.3, 0.4) is 0 Å². The molecule has 152 valence electrons. The summed E-state index contributed by atoms with van der Waals surface area (Å²) in [6.07, 6.45) is 8.24. The minimum Gasteiger partial charge on any atom is -0.461 e. The van der Waals surface area contributed by atoms with E-state index in [0.717, 1.165) is 38.5 Å². The number of halogens is 1. The van der Waals surface area contributed by atoms with Gasteiger partial charge in [-0.2, -0.15) is 0 Å². The SMILES string of the molecule is CO[C@H]1CC[C@@]2(C)C(=C[C@H](O)C3C4C[C@@H](Br)C(OC(C)=O)[C@@]4(C)CCC32)C1. The van der Waals surface area contributed by atoms with E-state index in [0.29, 0.717) is 11.8 Å². The van der Waals surface area contributed by atoms with Crippen LogP contribution in [0.4, 0.5) is 0 Å². The average molecular weight is 441 g/mol. The zero-order chi connectivity index (χ0) is 19.6. The molecule has 4 rings (SSSR count). The lowest BCUT2D eigenvalue weighted by Crippen LogP contribution is -2.55. The molecule has 9 atom stereocenters. The summed E-state index contributed by atoms with van der Waals surface area (Å²) in [5.41, 5.74) is 1.51. The molecule has 0 radical (unpaired) electrons. The molecule has 0 aromatic heterocycles. The van der Waals surface area contributed by atoms with Crippen LogP contribution in [0.1, 0.15) is 59.3 Å². The number of alkyl halides is 1. The molecule has 0 heterocycles. The van der Waals surface area contributed by atoms with E-state index in [4.69, 9.17) is 9.47 Å². The third-order valence-corrected chi connectivity index (χ3v) is 9.46. The van der Waals surface area contributed by atoms with Crippen LogP contribution in [0, 0.1) is 28.6 Å². The topological polar surface area (TPSA) is 55.8 Å². The van der Waals surface area contributed by atoms with Gasteiger partial charge in [0.2, 0.25) is 0 Å². The maximum absolute atomic E-state index is 11.7. The van der Waals surface area contributed by atoms with E-state index in [2.05, 4.69) is 35.9 Å². The highest BCUT2D eigenvalue weighted by atomic mass is 79.9. The number of methoxy groups -OCH3 is 1. The number of fused-ring (bicyclic) bond motifs is 5. The summed E-state index contributed by atoms with van der Waals surface area (Å²) in [5, 5.41) is 11.2. The van der Waals surface area contributed by atoms with E-state index >= 15 is 0 Å². The highest BCUT2D eigenvalue weighted by molar-refractivity contribution is 9.09. The Bertz CT molecular complexity index is 648. The highest BCUT2D eigenvalue weighted by Crippen LogP contribution is 2.66. The number of esters is 1. The highest BCUT2D eigenvalue weighted by Gasteiger charge is 2.63. The van der Waals surface area contributed by atoms with Crippen LogP contribution in [0.25, 0.3) is 0 Å². The number of rotatable bonds is 2. The van der Waals surface area contributed by atoms with Crippen molar-refractivity contribution in [1.29, 1.82) is 0 Å². The number of aliphatic hydroxyl groups is 1. The minimum atomic E-state index is -0.408. The lowest BCUT2D eigenvalue weighted by atomic mass is 9.47. The van der Waals surface area contributed by atoms with Crippen LogP contribution in [0.2, 0.25) is 0 Å². The molecular formula is C22H33BrO4. The summed E-state index contributed by atoms with van der Waals surface area (Å²) < 4.78 is 11.4. The van der Waals surface area contributed by atoms with E-state index in [1.807, 2.05) is 0 Å². The predicted molar refractivity (Wildman–Crippen MR) is 108 cm³/mol. The van der Waals surface area contributed by atoms with Gasteiger partial charge in [-0.1, -0.05) is 41.4 Å². The summed E-state index contributed by atoms with van der Waals surface area (Å²) >= 11 is 3.80. The van der Waals surface area contributed by atoms with Crippen molar-refractivity contribution >= 4 is 21.9 Å². The van der Waals surface area contributed by atoms with Crippen molar-refractivity contribution in [2.75, 3.05) is 7.11 Å². The zero-order valence-electron chi connectivity index (χ0n) is 16.9. The Morgan fingerprint density at radius 1 is 1.26 bits per heavy atom.